The lowest BCUT2D eigenvalue weighted by Crippen LogP contribution is -2.00. The number of rotatable bonds is 4. The quantitative estimate of drug-likeness (QED) is 0.851. The van der Waals surface area contributed by atoms with Gasteiger partial charge in [0.1, 0.15) is 5.82 Å². The molecular weight excluding hydrogens is 198 g/mol. The van der Waals surface area contributed by atoms with E-state index < -0.39 is 0 Å². The molecule has 0 aliphatic heterocycles. The molecule has 2 rings (SSSR count). The van der Waals surface area contributed by atoms with Crippen LogP contribution >= 0.6 is 0 Å². The summed E-state index contributed by atoms with van der Waals surface area (Å²) >= 11 is 0. The summed E-state index contributed by atoms with van der Waals surface area (Å²) in [6.07, 6.45) is 3.08. The van der Waals surface area contributed by atoms with Crippen LogP contribution in [-0.2, 0) is 19.9 Å². The maximum absolute atomic E-state index is 5.53. The second kappa shape index (κ2) is 4.66. The number of hydrogen-bond acceptors (Lipinski definition) is 2. The van der Waals surface area contributed by atoms with Gasteiger partial charge < -0.3 is 10.3 Å². The third-order valence-electron chi connectivity index (χ3n) is 3.02. The Morgan fingerprint density at radius 2 is 2.19 bits per heavy atom. The molecule has 0 aliphatic rings. The minimum atomic E-state index is 0.754. The molecule has 0 atom stereocenters. The highest BCUT2D eigenvalue weighted by atomic mass is 15.1. The van der Waals surface area contributed by atoms with Crippen molar-refractivity contribution in [2.75, 3.05) is 6.54 Å². The fourth-order valence-corrected chi connectivity index (χ4v) is 2.06. The minimum Gasteiger partial charge on any atom is -0.331 e. The van der Waals surface area contributed by atoms with Gasteiger partial charge in [-0.3, -0.25) is 0 Å². The van der Waals surface area contributed by atoms with E-state index in [0.717, 1.165) is 37.1 Å². The second-order valence-corrected chi connectivity index (χ2v) is 4.16. The standard InChI is InChI=1S/C13H19N3/c1-3-13-15-11-7-6-10(5-4-8-14)9-12(11)16(13)2/h6-7,9H,3-5,8,14H2,1-2H3. The molecular formula is C13H19N3. The van der Waals surface area contributed by atoms with Crippen molar-refractivity contribution in [1.29, 1.82) is 0 Å². The van der Waals surface area contributed by atoms with Gasteiger partial charge in [-0.25, -0.2) is 4.98 Å². The Hall–Kier alpha value is -1.35. The van der Waals surface area contributed by atoms with E-state index >= 15 is 0 Å². The van der Waals surface area contributed by atoms with Gasteiger partial charge in [0.2, 0.25) is 0 Å². The van der Waals surface area contributed by atoms with Crippen LogP contribution in [0.5, 0.6) is 0 Å². The van der Waals surface area contributed by atoms with Gasteiger partial charge in [0.15, 0.2) is 0 Å². The van der Waals surface area contributed by atoms with Gasteiger partial charge in [0.25, 0.3) is 0 Å². The molecule has 3 heteroatoms. The van der Waals surface area contributed by atoms with Crippen molar-refractivity contribution in [3.63, 3.8) is 0 Å². The fraction of sp³-hybridized carbons (Fsp3) is 0.462. The van der Waals surface area contributed by atoms with Gasteiger partial charge in [0.05, 0.1) is 11.0 Å². The summed E-state index contributed by atoms with van der Waals surface area (Å²) in [4.78, 5) is 4.59. The van der Waals surface area contributed by atoms with Crippen molar-refractivity contribution in [2.45, 2.75) is 26.2 Å². The molecule has 0 fully saturated rings. The molecule has 0 saturated heterocycles. The van der Waals surface area contributed by atoms with Crippen LogP contribution < -0.4 is 5.73 Å². The number of benzene rings is 1. The summed E-state index contributed by atoms with van der Waals surface area (Å²) in [5, 5.41) is 0. The number of hydrogen-bond donors (Lipinski definition) is 1. The first-order chi connectivity index (χ1) is 7.76. The van der Waals surface area contributed by atoms with Crippen molar-refractivity contribution >= 4 is 11.0 Å². The molecule has 0 radical (unpaired) electrons. The lowest BCUT2D eigenvalue weighted by molar-refractivity contribution is 0.822. The van der Waals surface area contributed by atoms with Gasteiger partial charge in [0, 0.05) is 13.5 Å². The summed E-state index contributed by atoms with van der Waals surface area (Å²) < 4.78 is 2.18. The zero-order chi connectivity index (χ0) is 11.5. The molecule has 0 amide bonds. The van der Waals surface area contributed by atoms with Crippen LogP contribution in [0.3, 0.4) is 0 Å². The molecule has 86 valence electrons. The number of nitrogens with two attached hydrogens (primary N) is 1. The summed E-state index contributed by atoms with van der Waals surface area (Å²) in [6.45, 7) is 2.89. The number of nitrogens with zero attached hydrogens (tertiary/aromatic N) is 2. The van der Waals surface area contributed by atoms with Crippen molar-refractivity contribution in [2.24, 2.45) is 12.8 Å². The molecule has 0 aliphatic carbocycles. The summed E-state index contributed by atoms with van der Waals surface area (Å²) in [6, 6.07) is 6.50. The lowest BCUT2D eigenvalue weighted by Gasteiger charge is -2.02. The Balaban J connectivity index is 2.40. The first-order valence-corrected chi connectivity index (χ1v) is 5.90. The molecule has 1 aromatic heterocycles. The highest BCUT2D eigenvalue weighted by molar-refractivity contribution is 5.76. The van der Waals surface area contributed by atoms with Crippen LogP contribution in [0.4, 0.5) is 0 Å². The highest BCUT2D eigenvalue weighted by Crippen LogP contribution is 2.17. The largest absolute Gasteiger partial charge is 0.331 e. The van der Waals surface area contributed by atoms with Crippen LogP contribution in [0.15, 0.2) is 18.2 Å². The predicted molar refractivity (Wildman–Crippen MR) is 67.5 cm³/mol. The Kier molecular flexibility index (Phi) is 3.25. The summed E-state index contributed by atoms with van der Waals surface area (Å²) in [5.74, 6) is 1.14. The summed E-state index contributed by atoms with van der Waals surface area (Å²) in [5.41, 5.74) is 9.20. The number of aromatic nitrogens is 2. The average Bonchev–Trinajstić information content (AvgIpc) is 2.63. The van der Waals surface area contributed by atoms with Crippen LogP contribution in [0.25, 0.3) is 11.0 Å². The van der Waals surface area contributed by atoms with Crippen molar-refractivity contribution in [1.82, 2.24) is 9.55 Å². The topological polar surface area (TPSA) is 43.8 Å². The van der Waals surface area contributed by atoms with E-state index in [0.29, 0.717) is 0 Å². The van der Waals surface area contributed by atoms with Crippen LogP contribution in [0, 0.1) is 0 Å². The van der Waals surface area contributed by atoms with E-state index in [1.807, 2.05) is 0 Å². The first kappa shape index (κ1) is 11.1. The average molecular weight is 217 g/mol. The smallest absolute Gasteiger partial charge is 0.109 e. The van der Waals surface area contributed by atoms with Gasteiger partial charge >= 0.3 is 0 Å². The maximum atomic E-state index is 5.53. The zero-order valence-corrected chi connectivity index (χ0v) is 10.0. The van der Waals surface area contributed by atoms with Crippen molar-refractivity contribution < 1.29 is 0 Å². The van der Waals surface area contributed by atoms with E-state index in [1.54, 1.807) is 0 Å². The molecule has 1 aromatic carbocycles. The molecule has 1 heterocycles. The Morgan fingerprint density at radius 3 is 2.88 bits per heavy atom. The Bertz CT molecular complexity index is 485. The molecule has 0 unspecified atom stereocenters. The van der Waals surface area contributed by atoms with Crippen LogP contribution in [-0.4, -0.2) is 16.1 Å². The van der Waals surface area contributed by atoms with Crippen LogP contribution in [0.1, 0.15) is 24.7 Å². The molecule has 2 aromatic rings. The number of fused-ring (bicyclic) bond motifs is 1. The van der Waals surface area contributed by atoms with Gasteiger partial charge in [-0.2, -0.15) is 0 Å². The highest BCUT2D eigenvalue weighted by Gasteiger charge is 2.06. The Morgan fingerprint density at radius 1 is 1.38 bits per heavy atom. The SMILES string of the molecule is CCc1nc2ccc(CCCN)cc2n1C. The summed E-state index contributed by atoms with van der Waals surface area (Å²) in [7, 11) is 2.08. The normalized spacial score (nSPS) is 11.2. The Labute approximate surface area is 96.3 Å². The van der Waals surface area contributed by atoms with E-state index in [9.17, 15) is 0 Å². The monoisotopic (exact) mass is 217 g/mol. The second-order valence-electron chi connectivity index (χ2n) is 4.16. The van der Waals surface area contributed by atoms with Crippen molar-refractivity contribution in [3.05, 3.63) is 29.6 Å². The van der Waals surface area contributed by atoms with E-state index in [1.165, 1.54) is 11.1 Å². The number of aryl methyl sites for hydroxylation is 3. The lowest BCUT2D eigenvalue weighted by atomic mass is 10.1. The van der Waals surface area contributed by atoms with Crippen LogP contribution in [0.2, 0.25) is 0 Å². The molecule has 0 saturated carbocycles. The van der Waals surface area contributed by atoms with E-state index in [-0.39, 0.29) is 0 Å². The molecule has 0 bridgehead atoms. The van der Waals surface area contributed by atoms with E-state index in [4.69, 9.17) is 5.73 Å². The van der Waals surface area contributed by atoms with Gasteiger partial charge in [-0.15, -0.1) is 0 Å². The third-order valence-corrected chi connectivity index (χ3v) is 3.02. The zero-order valence-electron chi connectivity index (χ0n) is 10.0. The molecule has 3 nitrogen and oxygen atoms in total. The number of imidazole rings is 1. The van der Waals surface area contributed by atoms with Crippen molar-refractivity contribution in [3.8, 4) is 0 Å². The fourth-order valence-electron chi connectivity index (χ4n) is 2.06. The third kappa shape index (κ3) is 1.95. The maximum Gasteiger partial charge on any atom is 0.109 e. The minimum absolute atomic E-state index is 0.754. The van der Waals surface area contributed by atoms with Gasteiger partial charge in [-0.1, -0.05) is 13.0 Å². The molecule has 16 heavy (non-hydrogen) atoms. The first-order valence-electron chi connectivity index (χ1n) is 5.90. The molecule has 0 spiro atoms. The van der Waals surface area contributed by atoms with Gasteiger partial charge in [-0.05, 0) is 37.1 Å². The van der Waals surface area contributed by atoms with E-state index in [2.05, 4.69) is 41.7 Å². The molecule has 2 N–H and O–H groups in total. The predicted octanol–water partition coefficient (Wildman–Crippen LogP) is 2.03.